The van der Waals surface area contributed by atoms with E-state index < -0.39 is 0 Å². The SMILES string of the molecule is c1ccc(-n2ncc3c(SCc4ccc5c(c4)OCO5)ncnc32)cc1. The molecule has 0 aliphatic carbocycles. The van der Waals surface area contributed by atoms with Crippen molar-refractivity contribution in [2.24, 2.45) is 0 Å². The van der Waals surface area contributed by atoms with E-state index in [2.05, 4.69) is 15.1 Å². The average molecular weight is 362 g/mol. The van der Waals surface area contributed by atoms with Crippen LogP contribution in [0.2, 0.25) is 0 Å². The van der Waals surface area contributed by atoms with Crippen molar-refractivity contribution in [3.63, 3.8) is 0 Å². The van der Waals surface area contributed by atoms with Crippen molar-refractivity contribution in [2.75, 3.05) is 6.79 Å². The maximum absolute atomic E-state index is 5.44. The highest BCUT2D eigenvalue weighted by Crippen LogP contribution is 2.35. The summed E-state index contributed by atoms with van der Waals surface area (Å²) in [5.74, 6) is 2.37. The van der Waals surface area contributed by atoms with Crippen molar-refractivity contribution in [1.82, 2.24) is 19.7 Å². The predicted octanol–water partition coefficient (Wildman–Crippen LogP) is 3.84. The van der Waals surface area contributed by atoms with Crippen molar-refractivity contribution < 1.29 is 9.47 Å². The number of hydrogen-bond donors (Lipinski definition) is 0. The molecule has 0 unspecified atom stereocenters. The number of hydrogen-bond acceptors (Lipinski definition) is 6. The molecule has 0 bridgehead atoms. The van der Waals surface area contributed by atoms with Gasteiger partial charge in [-0.15, -0.1) is 11.8 Å². The van der Waals surface area contributed by atoms with Crippen LogP contribution in [-0.4, -0.2) is 26.5 Å². The minimum absolute atomic E-state index is 0.289. The zero-order valence-electron chi connectivity index (χ0n) is 13.7. The highest BCUT2D eigenvalue weighted by molar-refractivity contribution is 7.98. The van der Waals surface area contributed by atoms with Gasteiger partial charge in [-0.2, -0.15) is 5.10 Å². The number of para-hydroxylation sites is 1. The van der Waals surface area contributed by atoms with Crippen LogP contribution in [-0.2, 0) is 5.75 Å². The Morgan fingerprint density at radius 2 is 1.88 bits per heavy atom. The Hall–Kier alpha value is -3.06. The second kappa shape index (κ2) is 6.34. The van der Waals surface area contributed by atoms with Crippen LogP contribution in [0.25, 0.3) is 16.7 Å². The zero-order valence-corrected chi connectivity index (χ0v) is 14.5. The fourth-order valence-electron chi connectivity index (χ4n) is 2.88. The molecule has 26 heavy (non-hydrogen) atoms. The average Bonchev–Trinajstić information content (AvgIpc) is 3.33. The summed E-state index contributed by atoms with van der Waals surface area (Å²) in [5, 5.41) is 6.35. The van der Waals surface area contributed by atoms with E-state index >= 15 is 0 Å². The number of nitrogens with zero attached hydrogens (tertiary/aromatic N) is 4. The van der Waals surface area contributed by atoms with Gasteiger partial charge in [-0.1, -0.05) is 24.3 Å². The Morgan fingerprint density at radius 1 is 1.00 bits per heavy atom. The lowest BCUT2D eigenvalue weighted by Gasteiger charge is -2.05. The summed E-state index contributed by atoms with van der Waals surface area (Å²) >= 11 is 1.66. The zero-order chi connectivity index (χ0) is 17.3. The van der Waals surface area contributed by atoms with Crippen molar-refractivity contribution in [2.45, 2.75) is 10.8 Å². The summed E-state index contributed by atoms with van der Waals surface area (Å²) in [4.78, 5) is 8.86. The molecule has 5 rings (SSSR count). The van der Waals surface area contributed by atoms with Gasteiger partial charge >= 0.3 is 0 Å². The highest BCUT2D eigenvalue weighted by Gasteiger charge is 2.15. The molecule has 2 aromatic carbocycles. The van der Waals surface area contributed by atoms with E-state index in [0.29, 0.717) is 0 Å². The second-order valence-corrected chi connectivity index (χ2v) is 6.75. The third kappa shape index (κ3) is 2.66. The number of thioether (sulfide) groups is 1. The number of fused-ring (bicyclic) bond motifs is 2. The van der Waals surface area contributed by atoms with E-state index in [1.165, 1.54) is 0 Å². The summed E-state index contributed by atoms with van der Waals surface area (Å²) in [5.41, 5.74) is 2.94. The van der Waals surface area contributed by atoms with Crippen LogP contribution in [0, 0.1) is 0 Å². The van der Waals surface area contributed by atoms with E-state index in [1.54, 1.807) is 18.1 Å². The molecule has 1 aliphatic rings. The van der Waals surface area contributed by atoms with Gasteiger partial charge in [0, 0.05) is 5.75 Å². The van der Waals surface area contributed by atoms with Gasteiger partial charge in [0.1, 0.15) is 11.4 Å². The molecular formula is C19H14N4O2S. The van der Waals surface area contributed by atoms with E-state index in [9.17, 15) is 0 Å². The van der Waals surface area contributed by atoms with Crippen LogP contribution in [0.5, 0.6) is 11.5 Å². The molecule has 0 saturated carbocycles. The van der Waals surface area contributed by atoms with Crippen LogP contribution in [0.1, 0.15) is 5.56 Å². The molecule has 128 valence electrons. The molecule has 6 nitrogen and oxygen atoms in total. The first-order valence-corrected chi connectivity index (χ1v) is 9.12. The molecule has 0 atom stereocenters. The lowest BCUT2D eigenvalue weighted by Crippen LogP contribution is -1.97. The van der Waals surface area contributed by atoms with Crippen LogP contribution >= 0.6 is 11.8 Å². The molecule has 3 heterocycles. The predicted molar refractivity (Wildman–Crippen MR) is 98.8 cm³/mol. The normalized spacial score (nSPS) is 12.6. The van der Waals surface area contributed by atoms with Crippen LogP contribution in [0.3, 0.4) is 0 Å². The molecule has 0 saturated heterocycles. The minimum Gasteiger partial charge on any atom is -0.454 e. The Morgan fingerprint density at radius 3 is 2.81 bits per heavy atom. The molecule has 0 fully saturated rings. The minimum atomic E-state index is 0.289. The van der Waals surface area contributed by atoms with Gasteiger partial charge in [-0.05, 0) is 29.8 Å². The molecule has 0 radical (unpaired) electrons. The summed E-state index contributed by atoms with van der Waals surface area (Å²) in [6.07, 6.45) is 3.41. The molecule has 7 heteroatoms. The second-order valence-electron chi connectivity index (χ2n) is 5.78. The number of benzene rings is 2. The standard InChI is InChI=1S/C19H14N4O2S/c1-2-4-14(5-3-1)23-18-15(9-22-23)19(21-11-20-18)26-10-13-6-7-16-17(8-13)25-12-24-16/h1-9,11H,10,12H2. The first-order valence-electron chi connectivity index (χ1n) is 8.14. The van der Waals surface area contributed by atoms with Gasteiger partial charge in [0.25, 0.3) is 0 Å². The number of aromatic nitrogens is 4. The number of rotatable bonds is 4. The maximum atomic E-state index is 5.44. The van der Waals surface area contributed by atoms with Gasteiger partial charge in [-0.25, -0.2) is 14.6 Å². The van der Waals surface area contributed by atoms with Gasteiger partial charge in [-0.3, -0.25) is 0 Å². The Balaban J connectivity index is 1.44. The smallest absolute Gasteiger partial charge is 0.231 e. The lowest BCUT2D eigenvalue weighted by molar-refractivity contribution is 0.174. The van der Waals surface area contributed by atoms with Gasteiger partial charge < -0.3 is 9.47 Å². The third-order valence-corrected chi connectivity index (χ3v) is 5.22. The Kier molecular flexibility index (Phi) is 3.71. The van der Waals surface area contributed by atoms with Crippen LogP contribution < -0.4 is 9.47 Å². The van der Waals surface area contributed by atoms with Gasteiger partial charge in [0.15, 0.2) is 17.1 Å². The van der Waals surface area contributed by atoms with Crippen LogP contribution in [0.15, 0.2) is 66.1 Å². The van der Waals surface area contributed by atoms with Crippen LogP contribution in [0.4, 0.5) is 0 Å². The Labute approximate surface area is 153 Å². The van der Waals surface area contributed by atoms with Gasteiger partial charge in [0.2, 0.25) is 6.79 Å². The first-order chi connectivity index (χ1) is 12.9. The summed E-state index contributed by atoms with van der Waals surface area (Å²) in [7, 11) is 0. The molecule has 1 aliphatic heterocycles. The molecule has 0 amide bonds. The first kappa shape index (κ1) is 15.2. The van der Waals surface area contributed by atoms with Crippen molar-refractivity contribution >= 4 is 22.8 Å². The topological polar surface area (TPSA) is 62.1 Å². The van der Waals surface area contributed by atoms with Crippen molar-refractivity contribution in [3.05, 3.63) is 66.6 Å². The van der Waals surface area contributed by atoms with E-state index in [0.717, 1.165) is 44.6 Å². The summed E-state index contributed by atoms with van der Waals surface area (Å²) in [6.45, 7) is 0.289. The summed E-state index contributed by atoms with van der Waals surface area (Å²) in [6, 6.07) is 16.0. The van der Waals surface area contributed by atoms with E-state index in [-0.39, 0.29) is 6.79 Å². The Bertz CT molecular complexity index is 1080. The lowest BCUT2D eigenvalue weighted by atomic mass is 10.2. The molecular weight excluding hydrogens is 348 g/mol. The van der Waals surface area contributed by atoms with Crippen molar-refractivity contribution in [3.8, 4) is 17.2 Å². The quantitative estimate of drug-likeness (QED) is 0.406. The third-order valence-electron chi connectivity index (χ3n) is 4.14. The van der Waals surface area contributed by atoms with E-state index in [1.807, 2.05) is 59.4 Å². The highest BCUT2D eigenvalue weighted by atomic mass is 32.2. The number of ether oxygens (including phenoxy) is 2. The molecule has 4 aromatic rings. The summed E-state index contributed by atoms with van der Waals surface area (Å²) < 4.78 is 12.6. The van der Waals surface area contributed by atoms with Gasteiger partial charge in [0.05, 0.1) is 17.3 Å². The molecule has 0 N–H and O–H groups in total. The fourth-order valence-corrected chi connectivity index (χ4v) is 3.78. The fraction of sp³-hybridized carbons (Fsp3) is 0.105. The van der Waals surface area contributed by atoms with Crippen molar-refractivity contribution in [1.29, 1.82) is 0 Å². The maximum Gasteiger partial charge on any atom is 0.231 e. The monoisotopic (exact) mass is 362 g/mol. The molecule has 0 spiro atoms. The molecule has 2 aromatic heterocycles. The van der Waals surface area contributed by atoms with E-state index in [4.69, 9.17) is 9.47 Å². The largest absolute Gasteiger partial charge is 0.454 e.